The predicted octanol–water partition coefficient (Wildman–Crippen LogP) is 4.85. The Labute approximate surface area is 327 Å². The molecule has 1 unspecified atom stereocenters. The molecular weight excluding hydrogens is 705 g/mol. The SMILES string of the molecule is CC[C@H](C)[C@@H]([C@@H](CC(=O)N1CCC[C@H]1[C@H](OC)[C@@H](C)C(=O)N[C@@H](Cc1ccccc1)c1nccs1)OC)N(C)C(=O)[C@@H](NC(=O)C(NC)C(C)C)C(C)C. The number of carbonyl (C=O) groups is 4. The van der Waals surface area contributed by atoms with Gasteiger partial charge in [0.25, 0.3) is 0 Å². The number of carbonyl (C=O) groups excluding carboxylic acids is 4. The van der Waals surface area contributed by atoms with Crippen molar-refractivity contribution in [3.63, 3.8) is 0 Å². The van der Waals surface area contributed by atoms with Crippen molar-refractivity contribution in [3.05, 3.63) is 52.5 Å². The number of rotatable bonds is 21. The van der Waals surface area contributed by atoms with Gasteiger partial charge < -0.3 is 35.2 Å². The van der Waals surface area contributed by atoms with Crippen LogP contribution >= 0.6 is 11.3 Å². The second-order valence-corrected chi connectivity index (χ2v) is 16.4. The molecule has 3 rings (SSSR count). The van der Waals surface area contributed by atoms with E-state index in [1.54, 1.807) is 39.4 Å². The van der Waals surface area contributed by atoms with E-state index in [0.717, 1.165) is 23.4 Å². The Kier molecular flexibility index (Phi) is 18.0. The minimum atomic E-state index is -0.752. The van der Waals surface area contributed by atoms with Gasteiger partial charge in [-0.05, 0) is 49.6 Å². The van der Waals surface area contributed by atoms with E-state index in [-0.39, 0.29) is 59.9 Å². The van der Waals surface area contributed by atoms with E-state index in [1.165, 1.54) is 11.3 Å². The zero-order chi connectivity index (χ0) is 40.1. The molecule has 0 bridgehead atoms. The summed E-state index contributed by atoms with van der Waals surface area (Å²) in [7, 11) is 6.65. The number of benzene rings is 1. The molecule has 3 N–H and O–H groups in total. The number of amides is 4. The summed E-state index contributed by atoms with van der Waals surface area (Å²) in [6, 6.07) is 7.77. The number of nitrogens with one attached hydrogen (secondary N) is 3. The summed E-state index contributed by atoms with van der Waals surface area (Å²) < 4.78 is 12.1. The monoisotopic (exact) mass is 770 g/mol. The van der Waals surface area contributed by atoms with Gasteiger partial charge in [0.05, 0.1) is 48.7 Å². The van der Waals surface area contributed by atoms with Gasteiger partial charge >= 0.3 is 0 Å². The zero-order valence-electron chi connectivity index (χ0n) is 34.3. The number of hydrogen-bond donors (Lipinski definition) is 3. The highest BCUT2D eigenvalue weighted by Gasteiger charge is 2.43. The first-order valence-corrected chi connectivity index (χ1v) is 20.4. The number of aromatic nitrogens is 1. The second-order valence-electron chi connectivity index (χ2n) is 15.5. The number of ether oxygens (including phenoxy) is 2. The maximum Gasteiger partial charge on any atom is 0.245 e. The fraction of sp³-hybridized carbons (Fsp3) is 0.683. The summed E-state index contributed by atoms with van der Waals surface area (Å²) in [6.45, 7) is 14.3. The Morgan fingerprint density at radius 2 is 1.63 bits per heavy atom. The van der Waals surface area contributed by atoms with Gasteiger partial charge in [-0.1, -0.05) is 85.2 Å². The fourth-order valence-electron chi connectivity index (χ4n) is 7.81. The molecule has 1 fully saturated rings. The third kappa shape index (κ3) is 11.6. The third-order valence-corrected chi connectivity index (χ3v) is 12.0. The van der Waals surface area contributed by atoms with Gasteiger partial charge in [0.15, 0.2) is 0 Å². The van der Waals surface area contributed by atoms with E-state index >= 15 is 0 Å². The van der Waals surface area contributed by atoms with Gasteiger partial charge in [-0.25, -0.2) is 4.98 Å². The maximum absolute atomic E-state index is 14.3. The Hall–Kier alpha value is -3.39. The molecule has 302 valence electrons. The highest BCUT2D eigenvalue weighted by Crippen LogP contribution is 2.30. The molecule has 13 heteroatoms. The number of hydrogen-bond acceptors (Lipinski definition) is 9. The van der Waals surface area contributed by atoms with Crippen molar-refractivity contribution in [1.82, 2.24) is 30.7 Å². The summed E-state index contributed by atoms with van der Waals surface area (Å²) in [6.07, 6.45) is 3.48. The molecule has 1 saturated heterocycles. The van der Waals surface area contributed by atoms with Crippen molar-refractivity contribution in [2.45, 2.75) is 123 Å². The molecule has 4 amide bonds. The van der Waals surface area contributed by atoms with Crippen LogP contribution in [-0.4, -0.2) is 110 Å². The summed E-state index contributed by atoms with van der Waals surface area (Å²) in [5.41, 5.74) is 1.09. The van der Waals surface area contributed by atoms with Crippen molar-refractivity contribution < 1.29 is 28.7 Å². The van der Waals surface area contributed by atoms with E-state index < -0.39 is 36.3 Å². The zero-order valence-corrected chi connectivity index (χ0v) is 35.2. The average molecular weight is 771 g/mol. The normalized spacial score (nSPS) is 19.1. The highest BCUT2D eigenvalue weighted by atomic mass is 32.1. The van der Waals surface area contributed by atoms with Crippen LogP contribution in [0.25, 0.3) is 0 Å². The van der Waals surface area contributed by atoms with Crippen molar-refractivity contribution in [2.24, 2.45) is 23.7 Å². The molecule has 1 aliphatic rings. The number of nitrogens with zero attached hydrogens (tertiary/aromatic N) is 3. The van der Waals surface area contributed by atoms with Gasteiger partial charge in [-0.15, -0.1) is 11.3 Å². The summed E-state index contributed by atoms with van der Waals surface area (Å²) in [4.78, 5) is 63.6. The molecule has 0 saturated carbocycles. The van der Waals surface area contributed by atoms with Crippen molar-refractivity contribution >= 4 is 35.0 Å². The Balaban J connectivity index is 1.78. The van der Waals surface area contributed by atoms with E-state index in [9.17, 15) is 19.2 Å². The molecule has 54 heavy (non-hydrogen) atoms. The molecular formula is C41H66N6O6S. The fourth-order valence-corrected chi connectivity index (χ4v) is 8.50. The molecule has 1 aliphatic heterocycles. The van der Waals surface area contributed by atoms with Crippen LogP contribution in [0.3, 0.4) is 0 Å². The van der Waals surface area contributed by atoms with Gasteiger partial charge in [0, 0.05) is 39.4 Å². The minimum Gasteiger partial charge on any atom is -0.379 e. The minimum absolute atomic E-state index is 0.00702. The van der Waals surface area contributed by atoms with Crippen LogP contribution in [0.1, 0.15) is 90.8 Å². The lowest BCUT2D eigenvalue weighted by molar-refractivity contribution is -0.147. The van der Waals surface area contributed by atoms with Crippen LogP contribution < -0.4 is 16.0 Å². The van der Waals surface area contributed by atoms with Crippen molar-refractivity contribution in [3.8, 4) is 0 Å². The van der Waals surface area contributed by atoms with E-state index in [1.807, 2.05) is 75.2 Å². The van der Waals surface area contributed by atoms with Crippen molar-refractivity contribution in [2.75, 3.05) is 34.9 Å². The lowest BCUT2D eigenvalue weighted by Gasteiger charge is -2.41. The van der Waals surface area contributed by atoms with Crippen LogP contribution in [0, 0.1) is 23.7 Å². The molecule has 1 aromatic heterocycles. The smallest absolute Gasteiger partial charge is 0.245 e. The molecule has 0 aliphatic carbocycles. The molecule has 2 aromatic rings. The Morgan fingerprint density at radius 3 is 2.17 bits per heavy atom. The van der Waals surface area contributed by atoms with Crippen LogP contribution in [0.2, 0.25) is 0 Å². The maximum atomic E-state index is 14.3. The molecule has 1 aromatic carbocycles. The first-order valence-electron chi connectivity index (χ1n) is 19.5. The second kappa shape index (κ2) is 21.6. The summed E-state index contributed by atoms with van der Waals surface area (Å²) in [5, 5.41) is 12.0. The van der Waals surface area contributed by atoms with Gasteiger partial charge in [-0.3, -0.25) is 19.2 Å². The number of likely N-dealkylation sites (tertiary alicyclic amines) is 1. The molecule has 2 heterocycles. The Morgan fingerprint density at radius 1 is 0.963 bits per heavy atom. The topological polar surface area (TPSA) is 142 Å². The summed E-state index contributed by atoms with van der Waals surface area (Å²) >= 11 is 1.51. The first-order chi connectivity index (χ1) is 25.7. The van der Waals surface area contributed by atoms with E-state index in [2.05, 4.69) is 34.8 Å². The molecule has 0 spiro atoms. The summed E-state index contributed by atoms with van der Waals surface area (Å²) in [5.74, 6) is -1.41. The lowest BCUT2D eigenvalue weighted by atomic mass is 9.89. The number of thiazole rings is 1. The van der Waals surface area contributed by atoms with Crippen LogP contribution in [0.4, 0.5) is 0 Å². The molecule has 0 radical (unpaired) electrons. The Bertz CT molecular complexity index is 1460. The van der Waals surface area contributed by atoms with Crippen LogP contribution in [0.5, 0.6) is 0 Å². The lowest BCUT2D eigenvalue weighted by Crippen LogP contribution is -2.59. The van der Waals surface area contributed by atoms with Gasteiger partial charge in [0.1, 0.15) is 11.0 Å². The van der Waals surface area contributed by atoms with Gasteiger partial charge in [0.2, 0.25) is 23.6 Å². The van der Waals surface area contributed by atoms with E-state index in [0.29, 0.717) is 19.4 Å². The number of methoxy groups -OCH3 is 2. The van der Waals surface area contributed by atoms with Crippen molar-refractivity contribution in [1.29, 1.82) is 0 Å². The van der Waals surface area contributed by atoms with E-state index in [4.69, 9.17) is 9.47 Å². The molecule has 9 atom stereocenters. The van der Waals surface area contributed by atoms with Gasteiger partial charge in [-0.2, -0.15) is 0 Å². The largest absolute Gasteiger partial charge is 0.379 e. The molecule has 12 nitrogen and oxygen atoms in total. The predicted molar refractivity (Wildman–Crippen MR) is 214 cm³/mol. The third-order valence-electron chi connectivity index (χ3n) is 11.1. The average Bonchev–Trinajstić information content (AvgIpc) is 3.87. The quantitative estimate of drug-likeness (QED) is 0.164. The van der Waals surface area contributed by atoms with Crippen LogP contribution in [-0.2, 0) is 35.1 Å². The highest BCUT2D eigenvalue weighted by molar-refractivity contribution is 7.09. The number of likely N-dealkylation sites (N-methyl/N-ethyl adjacent to an activating group) is 2. The van der Waals surface area contributed by atoms with Crippen LogP contribution in [0.15, 0.2) is 41.9 Å². The standard InChI is InChI=1S/C41H66N6O6S/c1-12-27(6)36(46(9)41(51)35(26(4)5)45-39(50)34(42-8)25(2)3)32(52-10)24-33(48)47-21-16-19-31(47)37(53-11)28(7)38(49)44-30(40-43-20-22-54-40)23-29-17-14-13-15-18-29/h13-15,17-18,20,22,25-28,30-32,34-37,42H,12,16,19,21,23-24H2,1-11H3,(H,44,49)(H,45,50)/t27-,28+,30-,31-,32+,34?,35-,36-,37+/m0/s1. The first kappa shape index (κ1) is 45.0.